The van der Waals surface area contributed by atoms with Crippen LogP contribution in [-0.4, -0.2) is 59.3 Å². The number of pyridine rings is 1. The van der Waals surface area contributed by atoms with Crippen LogP contribution in [0, 0.1) is 5.41 Å². The predicted octanol–water partition coefficient (Wildman–Crippen LogP) is 10.4. The van der Waals surface area contributed by atoms with E-state index < -0.39 is 0 Å². The first-order chi connectivity index (χ1) is 27.5. The normalized spacial score (nSPS) is 15.1. The van der Waals surface area contributed by atoms with E-state index in [2.05, 4.69) is 99.3 Å². The third kappa shape index (κ3) is 11.9. The summed E-state index contributed by atoms with van der Waals surface area (Å²) in [6.45, 7) is 24.3. The number of benzene rings is 1. The molecule has 312 valence electrons. The van der Waals surface area contributed by atoms with Crippen molar-refractivity contribution in [2.75, 3.05) is 32.8 Å². The van der Waals surface area contributed by atoms with Gasteiger partial charge in [0, 0.05) is 66.1 Å². The number of ketones is 1. The molecule has 2 atom stereocenters. The molecule has 2 unspecified atom stereocenters. The summed E-state index contributed by atoms with van der Waals surface area (Å²) in [5, 5.41) is 7.77. The Bertz CT molecular complexity index is 1890. The number of carbonyl (C=O) groups is 1. The Morgan fingerprint density at radius 3 is 2.65 bits per heavy atom. The van der Waals surface area contributed by atoms with E-state index in [0.29, 0.717) is 44.4 Å². The molecule has 1 aliphatic rings. The van der Waals surface area contributed by atoms with Gasteiger partial charge in [0.2, 0.25) is 0 Å². The van der Waals surface area contributed by atoms with Gasteiger partial charge in [-0.25, -0.2) is 4.98 Å². The molecule has 4 heterocycles. The number of aromatic nitrogens is 3. The Kier molecular flexibility index (Phi) is 17.0. The number of hydrogen-bond acceptors (Lipinski definition) is 9. The van der Waals surface area contributed by atoms with E-state index in [4.69, 9.17) is 25.3 Å². The van der Waals surface area contributed by atoms with Crippen LogP contribution in [0.15, 0.2) is 48.5 Å². The predicted molar refractivity (Wildman–Crippen MR) is 238 cm³/mol. The van der Waals surface area contributed by atoms with E-state index in [-0.39, 0.29) is 23.4 Å². The zero-order valence-electron chi connectivity index (χ0n) is 35.9. The number of ether oxygens (including phenoxy) is 2. The van der Waals surface area contributed by atoms with E-state index in [1.165, 1.54) is 39.0 Å². The van der Waals surface area contributed by atoms with Gasteiger partial charge in [0.15, 0.2) is 0 Å². The van der Waals surface area contributed by atoms with Crippen molar-refractivity contribution >= 4 is 28.0 Å². The molecule has 9 nitrogen and oxygen atoms in total. The van der Waals surface area contributed by atoms with Gasteiger partial charge in [-0.15, -0.1) is 17.9 Å². The van der Waals surface area contributed by atoms with Crippen molar-refractivity contribution in [3.63, 3.8) is 0 Å². The quantitative estimate of drug-likeness (QED) is 0.0278. The van der Waals surface area contributed by atoms with Crippen molar-refractivity contribution < 1.29 is 14.3 Å². The molecule has 0 radical (unpaired) electrons. The third-order valence-corrected chi connectivity index (χ3v) is 12.5. The molecule has 10 heteroatoms. The molecule has 4 N–H and O–H groups in total. The second-order valence-corrected chi connectivity index (χ2v) is 17.9. The molecular formula is C47H70N6O3S. The van der Waals surface area contributed by atoms with Crippen LogP contribution in [0.1, 0.15) is 146 Å². The fourth-order valence-corrected chi connectivity index (χ4v) is 9.11. The first kappa shape index (κ1) is 44.8. The first-order valence-corrected chi connectivity index (χ1v) is 22.5. The number of nitrogens with one attached hydrogen (secondary N) is 2. The van der Waals surface area contributed by atoms with Crippen LogP contribution in [0.2, 0.25) is 0 Å². The maximum atomic E-state index is 13.0. The van der Waals surface area contributed by atoms with Gasteiger partial charge >= 0.3 is 0 Å². The number of rotatable bonds is 24. The van der Waals surface area contributed by atoms with E-state index >= 15 is 0 Å². The molecule has 0 saturated carbocycles. The van der Waals surface area contributed by atoms with Gasteiger partial charge < -0.3 is 19.4 Å². The first-order valence-electron chi connectivity index (χ1n) is 21.6. The largest absolute Gasteiger partial charge is 0.377 e. The Labute approximate surface area is 346 Å². The lowest BCUT2D eigenvalue weighted by atomic mass is 9.79. The lowest BCUT2D eigenvalue weighted by molar-refractivity contribution is -0.122. The number of allylic oxidation sites excluding steroid dienone is 1. The zero-order chi connectivity index (χ0) is 41.0. The van der Waals surface area contributed by atoms with E-state index in [1.807, 2.05) is 13.0 Å². The molecule has 0 spiro atoms. The number of thiazole rings is 1. The van der Waals surface area contributed by atoms with Gasteiger partial charge in [-0.05, 0) is 132 Å². The highest BCUT2D eigenvalue weighted by Crippen LogP contribution is 2.44. The van der Waals surface area contributed by atoms with E-state index in [0.717, 1.165) is 87.3 Å². The van der Waals surface area contributed by atoms with Crippen LogP contribution in [0.25, 0.3) is 33.4 Å². The van der Waals surface area contributed by atoms with Crippen LogP contribution in [-0.2, 0) is 27.2 Å². The number of hydrazine groups is 1. The number of nitrogens with zero attached hydrogens (tertiary/aromatic N) is 3. The van der Waals surface area contributed by atoms with Gasteiger partial charge in [0.05, 0.1) is 29.8 Å². The summed E-state index contributed by atoms with van der Waals surface area (Å²) in [6, 6.07) is 9.35. The van der Waals surface area contributed by atoms with Gasteiger partial charge in [0.1, 0.15) is 16.9 Å². The average molecular weight is 799 g/mol. The minimum Gasteiger partial charge on any atom is -0.377 e. The second-order valence-electron chi connectivity index (χ2n) is 17.0. The van der Waals surface area contributed by atoms with Crippen LogP contribution in [0.4, 0.5) is 0 Å². The molecule has 0 aliphatic carbocycles. The highest BCUT2D eigenvalue weighted by atomic mass is 32.1. The topological polar surface area (TPSA) is 116 Å². The number of carbonyl (C=O) groups excluding carboxylic acids is 1. The van der Waals surface area contributed by atoms with E-state index in [9.17, 15) is 4.79 Å². The second kappa shape index (κ2) is 21.7. The van der Waals surface area contributed by atoms with Crippen LogP contribution >= 0.6 is 11.3 Å². The molecule has 0 amide bonds. The fourth-order valence-electron chi connectivity index (χ4n) is 8.23. The molecule has 3 aromatic heterocycles. The van der Waals surface area contributed by atoms with Crippen molar-refractivity contribution in [3.8, 4) is 22.5 Å². The summed E-state index contributed by atoms with van der Waals surface area (Å²) in [5.74, 6) is 6.41. The Morgan fingerprint density at radius 1 is 1.16 bits per heavy atom. The molecule has 1 aliphatic heterocycles. The smallest absolute Gasteiger partial charge is 0.135 e. The monoisotopic (exact) mass is 799 g/mol. The molecule has 4 aromatic rings. The molecule has 57 heavy (non-hydrogen) atoms. The molecular weight excluding hydrogens is 729 g/mol. The highest BCUT2D eigenvalue weighted by Gasteiger charge is 2.30. The maximum Gasteiger partial charge on any atom is 0.135 e. The highest BCUT2D eigenvalue weighted by molar-refractivity contribution is 7.10. The van der Waals surface area contributed by atoms with E-state index in [1.54, 1.807) is 11.3 Å². The number of fused-ring (bicyclic) bond motifs is 1. The molecule has 1 aromatic carbocycles. The Hall–Kier alpha value is -3.25. The summed E-state index contributed by atoms with van der Waals surface area (Å²) in [6.07, 6.45) is 12.7. The van der Waals surface area contributed by atoms with Crippen molar-refractivity contribution in [2.24, 2.45) is 11.3 Å². The lowest BCUT2D eigenvalue weighted by Crippen LogP contribution is -2.26. The Balaban J connectivity index is 1.67. The summed E-state index contributed by atoms with van der Waals surface area (Å²) < 4.78 is 14.9. The van der Waals surface area contributed by atoms with Crippen molar-refractivity contribution in [3.05, 3.63) is 70.3 Å². The number of Topliss-reactive ketones (excluding diaryl/α,β-unsaturated/α-hetero) is 1. The van der Waals surface area contributed by atoms with Gasteiger partial charge in [-0.1, -0.05) is 39.8 Å². The molecule has 1 saturated heterocycles. The van der Waals surface area contributed by atoms with Gasteiger partial charge in [-0.3, -0.25) is 21.0 Å². The van der Waals surface area contributed by atoms with Crippen LogP contribution in [0.3, 0.4) is 0 Å². The molecule has 0 bridgehead atoms. The van der Waals surface area contributed by atoms with Crippen molar-refractivity contribution in [1.82, 2.24) is 25.3 Å². The van der Waals surface area contributed by atoms with Crippen molar-refractivity contribution in [1.29, 1.82) is 0 Å². The molecule has 1 fully saturated rings. The third-order valence-electron chi connectivity index (χ3n) is 11.6. The van der Waals surface area contributed by atoms with Crippen LogP contribution < -0.4 is 16.6 Å². The summed E-state index contributed by atoms with van der Waals surface area (Å²) in [4.78, 5) is 23.5. The van der Waals surface area contributed by atoms with Gasteiger partial charge in [-0.2, -0.15) is 0 Å². The summed E-state index contributed by atoms with van der Waals surface area (Å²) >= 11 is 1.58. The maximum absolute atomic E-state index is 13.0. The fraction of sp³-hybridized carbons (Fsp3) is 0.596. The minimum absolute atomic E-state index is 0.0228. The molecule has 5 rings (SSSR count). The number of piperidine rings is 1. The minimum atomic E-state index is -0.355. The summed E-state index contributed by atoms with van der Waals surface area (Å²) in [5.41, 5.74) is 12.3. The lowest BCUT2D eigenvalue weighted by Gasteiger charge is -2.27. The SMILES string of the molecule is C=CCCC(C)(C)Cc1c(-c2cc(C3CCNCC3)cnc2C(C)CC)n(CCOC(C)C)c2ccc(-c3csc(C(CC(=O)CCCCNN)OCC)n3)cc12. The number of hydrogen-bond donors (Lipinski definition) is 3. The standard InChI is InChI=1S/C47H70N6O3S/c1-9-12-20-47(7,8)29-40-38-26-35(41-31-57-46(52-41)43(55-11-3)28-37(54)15-13-14-21-51-48)16-17-42(38)53(24-25-56-32(4)5)45(40)39-27-36(34-18-22-49-23-19-34)30-50-44(39)33(6)10-2/h9,16-17,26-27,30-34,43,49,51H,1,10-15,18-25,28-29,48H2,2-8H3. The summed E-state index contributed by atoms with van der Waals surface area (Å²) in [7, 11) is 0. The average Bonchev–Trinajstić information content (AvgIpc) is 3.81. The Morgan fingerprint density at radius 2 is 1.95 bits per heavy atom. The van der Waals surface area contributed by atoms with Crippen molar-refractivity contribution in [2.45, 2.75) is 143 Å². The van der Waals surface area contributed by atoms with Gasteiger partial charge in [0.25, 0.3) is 0 Å². The number of nitrogens with two attached hydrogens (primary N) is 1. The van der Waals surface area contributed by atoms with Crippen LogP contribution in [0.5, 0.6) is 0 Å². The zero-order valence-corrected chi connectivity index (χ0v) is 36.7. The number of unbranched alkanes of at least 4 members (excludes halogenated alkanes) is 1.